The summed E-state index contributed by atoms with van der Waals surface area (Å²) in [5.41, 5.74) is 0.558. The van der Waals surface area contributed by atoms with Gasteiger partial charge >= 0.3 is 6.09 Å². The Hall–Kier alpha value is -2.72. The number of nitrogens with zero attached hydrogens (tertiary/aromatic N) is 5. The minimum absolute atomic E-state index is 0.0384. The average Bonchev–Trinajstić information content (AvgIpc) is 3.01. The van der Waals surface area contributed by atoms with E-state index in [4.69, 9.17) is 9.57 Å². The van der Waals surface area contributed by atoms with Crippen LogP contribution < -0.4 is 15.1 Å². The van der Waals surface area contributed by atoms with Gasteiger partial charge in [-0.1, -0.05) is 13.8 Å². The molecule has 9 nitrogen and oxygen atoms in total. The highest BCUT2D eigenvalue weighted by molar-refractivity contribution is 9.10. The minimum Gasteiger partial charge on any atom is -0.407 e. The van der Waals surface area contributed by atoms with Crippen molar-refractivity contribution in [1.82, 2.24) is 19.6 Å². The van der Waals surface area contributed by atoms with E-state index in [-0.39, 0.29) is 18.6 Å². The molecule has 1 atom stereocenters. The second kappa shape index (κ2) is 7.12. The fraction of sp³-hybridized carbons (Fsp3) is 0.294. The maximum absolute atomic E-state index is 12.8. The number of amides is 1. The third-order valence-corrected chi connectivity index (χ3v) is 4.70. The monoisotopic (exact) mass is 432 g/mol. The maximum Gasteiger partial charge on any atom is 0.445 e. The number of hydrogen-bond acceptors (Lipinski definition) is 7. The molecule has 10 heteroatoms. The van der Waals surface area contributed by atoms with Gasteiger partial charge in [0.05, 0.1) is 29.5 Å². The van der Waals surface area contributed by atoms with Crippen molar-refractivity contribution in [3.63, 3.8) is 0 Å². The molecule has 3 aromatic heterocycles. The number of hydrogen-bond donors (Lipinski definition) is 1. The van der Waals surface area contributed by atoms with Gasteiger partial charge < -0.3 is 10.1 Å². The summed E-state index contributed by atoms with van der Waals surface area (Å²) in [4.78, 5) is 27.2. The Balaban J connectivity index is 1.77. The lowest BCUT2D eigenvalue weighted by atomic mass is 10.1. The van der Waals surface area contributed by atoms with Gasteiger partial charge in [0.2, 0.25) is 0 Å². The molecule has 0 saturated heterocycles. The van der Waals surface area contributed by atoms with Crippen LogP contribution in [0.4, 0.5) is 16.4 Å². The summed E-state index contributed by atoms with van der Waals surface area (Å²) in [5.74, 6) is 1.58. The van der Waals surface area contributed by atoms with Crippen LogP contribution in [0.1, 0.15) is 13.8 Å². The average molecular weight is 433 g/mol. The van der Waals surface area contributed by atoms with E-state index < -0.39 is 6.09 Å². The van der Waals surface area contributed by atoms with Crippen molar-refractivity contribution in [1.29, 1.82) is 0 Å². The number of carbonyl (C=O) groups excluding carboxylic acids is 1. The second-order valence-electron chi connectivity index (χ2n) is 6.37. The molecule has 0 unspecified atom stereocenters. The normalized spacial score (nSPS) is 16.7. The van der Waals surface area contributed by atoms with Crippen molar-refractivity contribution < 1.29 is 14.4 Å². The zero-order chi connectivity index (χ0) is 19.0. The molecule has 0 radical (unpaired) electrons. The molecule has 4 heterocycles. The topological polar surface area (TPSA) is 93.9 Å². The van der Waals surface area contributed by atoms with Gasteiger partial charge in [-0.25, -0.2) is 9.78 Å². The number of anilines is 2. The van der Waals surface area contributed by atoms with Crippen LogP contribution in [0, 0.1) is 5.92 Å². The summed E-state index contributed by atoms with van der Waals surface area (Å²) in [7, 11) is 0. The van der Waals surface area contributed by atoms with E-state index in [0.717, 1.165) is 5.06 Å². The number of fused-ring (bicyclic) bond motifs is 4. The fourth-order valence-electron chi connectivity index (χ4n) is 2.65. The predicted octanol–water partition coefficient (Wildman–Crippen LogP) is 3.27. The lowest BCUT2D eigenvalue weighted by molar-refractivity contribution is 0.0826. The molecule has 1 aliphatic heterocycles. The SMILES string of the molecule is CC(C)[C@H]1CON(C(=O)Oc2cccnc2)c2cc(nc3c(Br)cnn23)N1. The summed E-state index contributed by atoms with van der Waals surface area (Å²) >= 11 is 3.43. The van der Waals surface area contributed by atoms with Crippen LogP contribution >= 0.6 is 15.9 Å². The van der Waals surface area contributed by atoms with Crippen LogP contribution in [0.25, 0.3) is 5.65 Å². The van der Waals surface area contributed by atoms with E-state index in [2.05, 4.69) is 50.2 Å². The van der Waals surface area contributed by atoms with E-state index in [1.807, 2.05) is 0 Å². The van der Waals surface area contributed by atoms with Crippen LogP contribution in [-0.4, -0.2) is 38.3 Å². The van der Waals surface area contributed by atoms with Crippen molar-refractivity contribution >= 4 is 39.3 Å². The summed E-state index contributed by atoms with van der Waals surface area (Å²) in [5, 5.41) is 8.72. The molecular formula is C17H17BrN6O3. The molecule has 140 valence electrons. The highest BCUT2D eigenvalue weighted by atomic mass is 79.9. The number of ether oxygens (including phenoxy) is 1. The smallest absolute Gasteiger partial charge is 0.407 e. The Bertz CT molecular complexity index is 977. The lowest BCUT2D eigenvalue weighted by Crippen LogP contribution is -2.42. The first-order valence-electron chi connectivity index (χ1n) is 8.38. The van der Waals surface area contributed by atoms with Crippen LogP contribution in [0.3, 0.4) is 0 Å². The predicted molar refractivity (Wildman–Crippen MR) is 102 cm³/mol. The van der Waals surface area contributed by atoms with Crippen molar-refractivity contribution in [2.24, 2.45) is 5.92 Å². The third-order valence-electron chi connectivity index (χ3n) is 4.14. The number of rotatable bonds is 2. The Morgan fingerprint density at radius 3 is 3.04 bits per heavy atom. The fourth-order valence-corrected chi connectivity index (χ4v) is 2.99. The molecule has 4 rings (SSSR count). The first-order chi connectivity index (χ1) is 13.0. The second-order valence-corrected chi connectivity index (χ2v) is 7.22. The Morgan fingerprint density at radius 1 is 1.44 bits per heavy atom. The molecule has 3 aromatic rings. The van der Waals surface area contributed by atoms with Gasteiger partial charge in [0.15, 0.2) is 17.2 Å². The van der Waals surface area contributed by atoms with Gasteiger partial charge in [0, 0.05) is 12.3 Å². The number of carbonyl (C=O) groups is 1. The van der Waals surface area contributed by atoms with Gasteiger partial charge in [0.25, 0.3) is 0 Å². The Kier molecular flexibility index (Phi) is 4.66. The van der Waals surface area contributed by atoms with Gasteiger partial charge in [-0.15, -0.1) is 5.06 Å². The van der Waals surface area contributed by atoms with Crippen LogP contribution in [0.5, 0.6) is 5.75 Å². The largest absolute Gasteiger partial charge is 0.445 e. The summed E-state index contributed by atoms with van der Waals surface area (Å²) in [6.07, 6.45) is 3.97. The summed E-state index contributed by atoms with van der Waals surface area (Å²) in [6.45, 7) is 4.39. The molecule has 27 heavy (non-hydrogen) atoms. The Morgan fingerprint density at radius 2 is 2.30 bits per heavy atom. The number of nitrogens with one attached hydrogen (secondary N) is 1. The van der Waals surface area contributed by atoms with Gasteiger partial charge in [-0.2, -0.15) is 9.61 Å². The van der Waals surface area contributed by atoms with Gasteiger partial charge in [-0.3, -0.25) is 9.82 Å². The molecule has 1 amide bonds. The van der Waals surface area contributed by atoms with E-state index >= 15 is 0 Å². The minimum atomic E-state index is -0.697. The number of aromatic nitrogens is 4. The van der Waals surface area contributed by atoms with Crippen molar-refractivity contribution in [3.8, 4) is 5.75 Å². The van der Waals surface area contributed by atoms with Gasteiger partial charge in [-0.05, 0) is 34.0 Å². The molecular weight excluding hydrogens is 416 g/mol. The van der Waals surface area contributed by atoms with Crippen LogP contribution in [0.2, 0.25) is 0 Å². The molecule has 2 bridgehead atoms. The number of hydroxylamine groups is 1. The molecule has 0 saturated carbocycles. The van der Waals surface area contributed by atoms with Gasteiger partial charge in [0.1, 0.15) is 5.82 Å². The summed E-state index contributed by atoms with van der Waals surface area (Å²) < 4.78 is 7.62. The van der Waals surface area contributed by atoms with E-state index in [0.29, 0.717) is 27.5 Å². The van der Waals surface area contributed by atoms with E-state index in [1.54, 1.807) is 30.6 Å². The zero-order valence-corrected chi connectivity index (χ0v) is 16.3. The van der Waals surface area contributed by atoms with Crippen molar-refractivity contribution in [2.75, 3.05) is 17.0 Å². The van der Waals surface area contributed by atoms with Crippen molar-refractivity contribution in [2.45, 2.75) is 19.9 Å². The first kappa shape index (κ1) is 17.7. The molecule has 0 fully saturated rings. The zero-order valence-electron chi connectivity index (χ0n) is 14.7. The first-order valence-corrected chi connectivity index (χ1v) is 9.18. The Labute approximate surface area is 163 Å². The molecule has 1 N–H and O–H groups in total. The van der Waals surface area contributed by atoms with E-state index in [9.17, 15) is 4.79 Å². The van der Waals surface area contributed by atoms with Crippen molar-refractivity contribution in [3.05, 3.63) is 41.3 Å². The molecule has 0 aromatic carbocycles. The highest BCUT2D eigenvalue weighted by Gasteiger charge is 2.29. The molecule has 0 aliphatic carbocycles. The maximum atomic E-state index is 12.8. The number of pyridine rings is 1. The standard InChI is InChI=1S/C17H17BrN6O3/c1-10(2)13-9-26-24(17(25)27-11-4-3-5-19-7-11)15-6-14(21-13)22-16-12(18)8-20-23(15)16/h3-8,10,13H,9H2,1-2H3,(H,21,22)/t13-/m1/s1. The van der Waals surface area contributed by atoms with Crippen LogP contribution in [-0.2, 0) is 4.84 Å². The lowest BCUT2D eigenvalue weighted by Gasteiger charge is -2.30. The highest BCUT2D eigenvalue weighted by Crippen LogP contribution is 2.28. The third kappa shape index (κ3) is 3.45. The number of halogens is 1. The summed E-state index contributed by atoms with van der Waals surface area (Å²) in [6, 6.07) is 4.99. The quantitative estimate of drug-likeness (QED) is 0.663. The van der Waals surface area contributed by atoms with Crippen LogP contribution in [0.15, 0.2) is 41.3 Å². The van der Waals surface area contributed by atoms with E-state index in [1.165, 1.54) is 10.7 Å². The molecule has 0 spiro atoms. The molecule has 1 aliphatic rings.